The van der Waals surface area contributed by atoms with Gasteiger partial charge in [-0.25, -0.2) is 0 Å². The maximum Gasteiger partial charge on any atom is 0.308 e. The Morgan fingerprint density at radius 2 is 0.848 bits per heavy atom. The predicted molar refractivity (Wildman–Crippen MR) is 125 cm³/mol. The van der Waals surface area contributed by atoms with Crippen molar-refractivity contribution in [3.8, 4) is 0 Å². The Balaban J connectivity index is 3.11. The monoisotopic (exact) mass is 481 g/mol. The molecule has 0 aliphatic rings. The minimum absolute atomic E-state index is 0.242. The van der Waals surface area contributed by atoms with Gasteiger partial charge >= 0.3 is 5.97 Å². The largest absolute Gasteiger partial charge is 0.460 e. The van der Waals surface area contributed by atoms with E-state index < -0.39 is 5.60 Å². The van der Waals surface area contributed by atoms with Crippen LogP contribution in [0.4, 0.5) is 0 Å². The Morgan fingerprint density at radius 3 is 1.15 bits per heavy atom. The molecule has 0 fully saturated rings. The standard InChI is InChI=1S/C23H47NO9/c1-23(2,3)33-22(25)6-8-26-10-12-28-14-16-30-18-20-32-21-19-31-17-15-29-13-11-27-9-7-24(4)5/h6-21H2,1-5H3. The van der Waals surface area contributed by atoms with Crippen molar-refractivity contribution in [2.24, 2.45) is 0 Å². The van der Waals surface area contributed by atoms with Gasteiger partial charge in [0.15, 0.2) is 0 Å². The Bertz CT molecular complexity index is 431. The van der Waals surface area contributed by atoms with E-state index in [4.69, 9.17) is 37.9 Å². The Morgan fingerprint density at radius 1 is 0.545 bits per heavy atom. The molecule has 0 aromatic rings. The van der Waals surface area contributed by atoms with E-state index in [1.165, 1.54) is 0 Å². The Hall–Kier alpha value is -0.850. The number of nitrogens with zero attached hydrogens (tertiary/aromatic N) is 1. The lowest BCUT2D eigenvalue weighted by Crippen LogP contribution is -2.24. The molecule has 0 N–H and O–H groups in total. The first-order chi connectivity index (χ1) is 15.8. The van der Waals surface area contributed by atoms with Crippen LogP contribution >= 0.6 is 0 Å². The van der Waals surface area contributed by atoms with Gasteiger partial charge in [-0.15, -0.1) is 0 Å². The average Bonchev–Trinajstić information content (AvgIpc) is 2.72. The van der Waals surface area contributed by atoms with Crippen molar-refractivity contribution in [2.45, 2.75) is 32.8 Å². The minimum atomic E-state index is -0.462. The summed E-state index contributed by atoms with van der Waals surface area (Å²) < 4.78 is 43.1. The summed E-state index contributed by atoms with van der Waals surface area (Å²) in [6.45, 7) is 13.7. The molecular weight excluding hydrogens is 434 g/mol. The maximum absolute atomic E-state index is 11.5. The second kappa shape index (κ2) is 22.9. The van der Waals surface area contributed by atoms with Gasteiger partial charge in [0, 0.05) is 6.54 Å². The predicted octanol–water partition coefficient (Wildman–Crippen LogP) is 1.40. The highest BCUT2D eigenvalue weighted by molar-refractivity contribution is 5.69. The molecule has 33 heavy (non-hydrogen) atoms. The maximum atomic E-state index is 11.5. The van der Waals surface area contributed by atoms with Crippen LogP contribution in [0.3, 0.4) is 0 Å². The van der Waals surface area contributed by atoms with Crippen molar-refractivity contribution >= 4 is 5.97 Å². The molecule has 0 heterocycles. The highest BCUT2D eigenvalue weighted by atomic mass is 16.6. The number of carbonyl (C=O) groups is 1. The number of likely N-dealkylation sites (N-methyl/N-ethyl adjacent to an activating group) is 1. The van der Waals surface area contributed by atoms with E-state index in [-0.39, 0.29) is 12.4 Å². The van der Waals surface area contributed by atoms with E-state index >= 15 is 0 Å². The molecule has 198 valence electrons. The lowest BCUT2D eigenvalue weighted by atomic mass is 10.2. The van der Waals surface area contributed by atoms with Crippen molar-refractivity contribution in [2.75, 3.05) is 113 Å². The number of ether oxygens (including phenoxy) is 8. The molecule has 0 unspecified atom stereocenters. The fourth-order valence-corrected chi connectivity index (χ4v) is 2.22. The Kier molecular flexibility index (Phi) is 22.3. The molecule has 0 aliphatic carbocycles. The first-order valence-electron chi connectivity index (χ1n) is 11.7. The summed E-state index contributed by atoms with van der Waals surface area (Å²) >= 11 is 0. The molecule has 0 saturated carbocycles. The molecule has 10 heteroatoms. The van der Waals surface area contributed by atoms with E-state index in [1.807, 2.05) is 34.9 Å². The first kappa shape index (κ1) is 32.1. The van der Waals surface area contributed by atoms with Crippen LogP contribution in [-0.4, -0.2) is 130 Å². The van der Waals surface area contributed by atoms with Crippen LogP contribution in [0.2, 0.25) is 0 Å². The zero-order valence-electron chi connectivity index (χ0n) is 21.4. The highest BCUT2D eigenvalue weighted by Gasteiger charge is 2.15. The van der Waals surface area contributed by atoms with Gasteiger partial charge < -0.3 is 42.8 Å². The topological polar surface area (TPSA) is 94.2 Å². The number of carbonyl (C=O) groups excluding carboxylic acids is 1. The van der Waals surface area contributed by atoms with Gasteiger partial charge in [0.05, 0.1) is 98.9 Å². The zero-order valence-corrected chi connectivity index (χ0v) is 21.4. The van der Waals surface area contributed by atoms with E-state index in [2.05, 4.69) is 4.90 Å². The average molecular weight is 482 g/mol. The van der Waals surface area contributed by atoms with Crippen LogP contribution in [-0.2, 0) is 42.7 Å². The fourth-order valence-electron chi connectivity index (χ4n) is 2.22. The lowest BCUT2D eigenvalue weighted by molar-refractivity contribution is -0.156. The highest BCUT2D eigenvalue weighted by Crippen LogP contribution is 2.07. The number of esters is 1. The van der Waals surface area contributed by atoms with Crippen molar-refractivity contribution < 1.29 is 42.7 Å². The molecule has 0 saturated heterocycles. The van der Waals surface area contributed by atoms with Crippen LogP contribution in [0, 0.1) is 0 Å². The quantitative estimate of drug-likeness (QED) is 0.149. The number of hydrogen-bond donors (Lipinski definition) is 0. The van der Waals surface area contributed by atoms with Crippen molar-refractivity contribution in [3.05, 3.63) is 0 Å². The third kappa shape index (κ3) is 29.1. The van der Waals surface area contributed by atoms with Crippen LogP contribution in [0.15, 0.2) is 0 Å². The third-order valence-electron chi connectivity index (χ3n) is 3.79. The van der Waals surface area contributed by atoms with Gasteiger partial charge in [0.2, 0.25) is 0 Å². The SMILES string of the molecule is CN(C)CCOCCOCCOCCOCCOCCOCCOCCC(=O)OC(C)(C)C. The number of hydrogen-bond acceptors (Lipinski definition) is 10. The van der Waals surface area contributed by atoms with Crippen molar-refractivity contribution in [1.82, 2.24) is 4.90 Å². The molecule has 0 aromatic carbocycles. The van der Waals surface area contributed by atoms with Gasteiger partial charge in [0.1, 0.15) is 5.60 Å². The summed E-state index contributed by atoms with van der Waals surface area (Å²) in [5, 5.41) is 0. The molecule has 0 radical (unpaired) electrons. The number of rotatable bonds is 24. The molecule has 0 aromatic heterocycles. The van der Waals surface area contributed by atoms with Gasteiger partial charge in [-0.05, 0) is 34.9 Å². The second-order valence-electron chi connectivity index (χ2n) is 8.43. The summed E-state index contributed by atoms with van der Waals surface area (Å²) in [6, 6.07) is 0. The summed E-state index contributed by atoms with van der Waals surface area (Å²) in [5.41, 5.74) is -0.462. The summed E-state index contributed by atoms with van der Waals surface area (Å²) in [5.74, 6) is -0.257. The van der Waals surface area contributed by atoms with Gasteiger partial charge in [-0.2, -0.15) is 0 Å². The summed E-state index contributed by atoms with van der Waals surface area (Å²) in [4.78, 5) is 13.6. The van der Waals surface area contributed by atoms with E-state index in [0.29, 0.717) is 92.5 Å². The first-order valence-corrected chi connectivity index (χ1v) is 11.7. The smallest absolute Gasteiger partial charge is 0.308 e. The molecular formula is C23H47NO9. The van der Waals surface area contributed by atoms with Gasteiger partial charge in [0.25, 0.3) is 0 Å². The molecule has 0 spiro atoms. The van der Waals surface area contributed by atoms with Crippen LogP contribution in [0.25, 0.3) is 0 Å². The van der Waals surface area contributed by atoms with E-state index in [9.17, 15) is 4.79 Å². The Labute approximate surface area is 200 Å². The lowest BCUT2D eigenvalue weighted by Gasteiger charge is -2.19. The van der Waals surface area contributed by atoms with Crippen molar-refractivity contribution in [3.63, 3.8) is 0 Å². The second-order valence-corrected chi connectivity index (χ2v) is 8.43. The molecule has 0 aliphatic heterocycles. The van der Waals surface area contributed by atoms with Gasteiger partial charge in [-0.1, -0.05) is 0 Å². The minimum Gasteiger partial charge on any atom is -0.460 e. The van der Waals surface area contributed by atoms with Crippen LogP contribution in [0.5, 0.6) is 0 Å². The molecule has 0 rings (SSSR count). The zero-order chi connectivity index (χ0) is 24.6. The molecule has 10 nitrogen and oxygen atoms in total. The van der Waals surface area contributed by atoms with Crippen LogP contribution < -0.4 is 0 Å². The normalized spacial score (nSPS) is 11.9. The summed E-state index contributed by atoms with van der Waals surface area (Å²) in [6.07, 6.45) is 0.242. The van der Waals surface area contributed by atoms with Crippen molar-refractivity contribution in [1.29, 1.82) is 0 Å². The van der Waals surface area contributed by atoms with E-state index in [0.717, 1.165) is 6.54 Å². The van der Waals surface area contributed by atoms with E-state index in [1.54, 1.807) is 0 Å². The summed E-state index contributed by atoms with van der Waals surface area (Å²) in [7, 11) is 4.03. The molecule has 0 amide bonds. The third-order valence-corrected chi connectivity index (χ3v) is 3.79. The molecule has 0 bridgehead atoms. The molecule has 0 atom stereocenters. The van der Waals surface area contributed by atoms with Gasteiger partial charge in [-0.3, -0.25) is 4.79 Å². The van der Waals surface area contributed by atoms with Crippen LogP contribution in [0.1, 0.15) is 27.2 Å². The fraction of sp³-hybridized carbons (Fsp3) is 0.957.